The highest BCUT2D eigenvalue weighted by Gasteiger charge is 2.23. The lowest BCUT2D eigenvalue weighted by Crippen LogP contribution is -2.47. The van der Waals surface area contributed by atoms with Gasteiger partial charge in [-0.25, -0.2) is 4.98 Å². The predicted molar refractivity (Wildman–Crippen MR) is 108 cm³/mol. The van der Waals surface area contributed by atoms with Gasteiger partial charge in [0.2, 0.25) is 5.28 Å². The molecule has 25 heavy (non-hydrogen) atoms. The van der Waals surface area contributed by atoms with E-state index in [4.69, 9.17) is 11.6 Å². The van der Waals surface area contributed by atoms with Crippen LogP contribution in [0.5, 0.6) is 0 Å². The van der Waals surface area contributed by atoms with Crippen molar-refractivity contribution in [3.05, 3.63) is 45.6 Å². The Bertz CT molecular complexity index is 929. The van der Waals surface area contributed by atoms with Gasteiger partial charge in [0.05, 0.1) is 5.39 Å². The van der Waals surface area contributed by atoms with Crippen molar-refractivity contribution in [1.82, 2.24) is 9.97 Å². The molecule has 130 valence electrons. The Morgan fingerprint density at radius 3 is 2.44 bits per heavy atom. The van der Waals surface area contributed by atoms with Crippen LogP contribution >= 0.6 is 22.9 Å². The van der Waals surface area contributed by atoms with Gasteiger partial charge in [-0.15, -0.1) is 11.3 Å². The number of nitrogens with zero attached hydrogens (tertiary/aromatic N) is 4. The number of halogens is 1. The highest BCUT2D eigenvalue weighted by atomic mass is 35.5. The molecule has 1 aliphatic rings. The van der Waals surface area contributed by atoms with Gasteiger partial charge in [0.1, 0.15) is 10.6 Å². The van der Waals surface area contributed by atoms with Crippen LogP contribution in [-0.4, -0.2) is 36.1 Å². The number of fused-ring (bicyclic) bond motifs is 1. The maximum absolute atomic E-state index is 6.19. The summed E-state index contributed by atoms with van der Waals surface area (Å²) in [6.07, 6.45) is 0. The Labute approximate surface area is 157 Å². The molecule has 2 aromatic heterocycles. The van der Waals surface area contributed by atoms with Crippen LogP contribution in [0.15, 0.2) is 24.3 Å². The largest absolute Gasteiger partial charge is 0.368 e. The Hall–Kier alpha value is -1.85. The second kappa shape index (κ2) is 6.46. The summed E-state index contributed by atoms with van der Waals surface area (Å²) >= 11 is 7.89. The lowest BCUT2D eigenvalue weighted by Gasteiger charge is -2.37. The highest BCUT2D eigenvalue weighted by Crippen LogP contribution is 2.36. The van der Waals surface area contributed by atoms with Crippen LogP contribution < -0.4 is 9.80 Å². The zero-order valence-electron chi connectivity index (χ0n) is 14.7. The molecule has 1 aliphatic heterocycles. The van der Waals surface area contributed by atoms with Gasteiger partial charge in [0.15, 0.2) is 0 Å². The minimum Gasteiger partial charge on any atom is -0.368 e. The summed E-state index contributed by atoms with van der Waals surface area (Å²) in [6, 6.07) is 8.71. The summed E-state index contributed by atoms with van der Waals surface area (Å²) in [5, 5.41) is 1.50. The van der Waals surface area contributed by atoms with Crippen molar-refractivity contribution in [3.8, 4) is 0 Å². The Balaban J connectivity index is 1.62. The maximum atomic E-state index is 6.19. The molecule has 1 saturated heterocycles. The van der Waals surface area contributed by atoms with Crippen LogP contribution in [0.25, 0.3) is 10.2 Å². The molecule has 0 bridgehead atoms. The fourth-order valence-corrected chi connectivity index (χ4v) is 4.67. The van der Waals surface area contributed by atoms with Crippen LogP contribution in [0.1, 0.15) is 16.0 Å². The number of benzene rings is 1. The molecule has 4 rings (SSSR count). The summed E-state index contributed by atoms with van der Waals surface area (Å²) in [4.78, 5) is 16.1. The lowest BCUT2D eigenvalue weighted by molar-refractivity contribution is 0.649. The minimum absolute atomic E-state index is 0.338. The number of hydrogen-bond acceptors (Lipinski definition) is 5. The molecule has 3 aromatic rings. The van der Waals surface area contributed by atoms with Crippen LogP contribution in [0.4, 0.5) is 11.5 Å². The Morgan fingerprint density at radius 2 is 1.72 bits per heavy atom. The second-order valence-electron chi connectivity index (χ2n) is 6.59. The van der Waals surface area contributed by atoms with E-state index in [-0.39, 0.29) is 0 Å². The topological polar surface area (TPSA) is 32.3 Å². The summed E-state index contributed by atoms with van der Waals surface area (Å²) < 4.78 is 0. The van der Waals surface area contributed by atoms with E-state index < -0.39 is 0 Å². The molecule has 0 unspecified atom stereocenters. The molecule has 0 atom stereocenters. The van der Waals surface area contributed by atoms with Gasteiger partial charge in [-0.2, -0.15) is 4.98 Å². The first kappa shape index (κ1) is 16.6. The van der Waals surface area contributed by atoms with E-state index in [1.165, 1.54) is 21.7 Å². The van der Waals surface area contributed by atoms with Gasteiger partial charge in [0.25, 0.3) is 0 Å². The molecular formula is C19H21ClN4S. The van der Waals surface area contributed by atoms with Crippen molar-refractivity contribution < 1.29 is 0 Å². The molecule has 4 nitrogen and oxygen atoms in total. The number of piperazine rings is 1. The SMILES string of the molecule is Cc1cccc(N2CCN(c3nc(Cl)nc4sc(C)c(C)c34)CC2)c1. The van der Waals surface area contributed by atoms with Crippen molar-refractivity contribution in [1.29, 1.82) is 0 Å². The van der Waals surface area contributed by atoms with Crippen LogP contribution in [0, 0.1) is 20.8 Å². The van der Waals surface area contributed by atoms with E-state index >= 15 is 0 Å². The third-order valence-electron chi connectivity index (χ3n) is 4.93. The van der Waals surface area contributed by atoms with E-state index in [1.54, 1.807) is 11.3 Å². The van der Waals surface area contributed by atoms with Crippen molar-refractivity contribution in [3.63, 3.8) is 0 Å². The monoisotopic (exact) mass is 372 g/mol. The van der Waals surface area contributed by atoms with Crippen LogP contribution in [0.2, 0.25) is 5.28 Å². The number of aromatic nitrogens is 2. The number of aryl methyl sites for hydroxylation is 3. The van der Waals surface area contributed by atoms with E-state index in [0.717, 1.165) is 42.2 Å². The van der Waals surface area contributed by atoms with E-state index in [2.05, 4.69) is 64.8 Å². The smallest absolute Gasteiger partial charge is 0.225 e. The standard InChI is InChI=1S/C19H21ClN4S/c1-12-5-4-6-15(11-12)23-7-9-24(10-8-23)17-16-13(2)14(3)25-18(16)22-19(20)21-17/h4-6,11H,7-10H2,1-3H3. The van der Waals surface area contributed by atoms with Crippen molar-refractivity contribution >= 4 is 44.7 Å². The van der Waals surface area contributed by atoms with Crippen molar-refractivity contribution in [2.24, 2.45) is 0 Å². The van der Waals surface area contributed by atoms with Gasteiger partial charge >= 0.3 is 0 Å². The van der Waals surface area contributed by atoms with Gasteiger partial charge in [-0.1, -0.05) is 12.1 Å². The average Bonchev–Trinajstić information content (AvgIpc) is 2.88. The quantitative estimate of drug-likeness (QED) is 0.615. The Morgan fingerprint density at radius 1 is 1.00 bits per heavy atom. The summed E-state index contributed by atoms with van der Waals surface area (Å²) in [5.41, 5.74) is 3.87. The average molecular weight is 373 g/mol. The normalized spacial score (nSPS) is 15.2. The zero-order chi connectivity index (χ0) is 17.6. The zero-order valence-corrected chi connectivity index (χ0v) is 16.3. The fourth-order valence-electron chi connectivity index (χ4n) is 3.43. The summed E-state index contributed by atoms with van der Waals surface area (Å²) in [5.74, 6) is 0.987. The van der Waals surface area contributed by atoms with Crippen molar-refractivity contribution in [2.45, 2.75) is 20.8 Å². The van der Waals surface area contributed by atoms with Gasteiger partial charge in [-0.3, -0.25) is 0 Å². The first-order valence-electron chi connectivity index (χ1n) is 8.53. The maximum Gasteiger partial charge on any atom is 0.225 e. The van der Waals surface area contributed by atoms with Gasteiger partial charge < -0.3 is 9.80 Å². The molecule has 0 radical (unpaired) electrons. The molecule has 0 aliphatic carbocycles. The first-order chi connectivity index (χ1) is 12.0. The van der Waals surface area contributed by atoms with E-state index in [0.29, 0.717) is 5.28 Å². The third kappa shape index (κ3) is 3.07. The van der Waals surface area contributed by atoms with E-state index in [1.807, 2.05) is 0 Å². The van der Waals surface area contributed by atoms with Crippen LogP contribution in [0.3, 0.4) is 0 Å². The van der Waals surface area contributed by atoms with E-state index in [9.17, 15) is 0 Å². The predicted octanol–water partition coefficient (Wildman–Crippen LogP) is 4.60. The highest BCUT2D eigenvalue weighted by molar-refractivity contribution is 7.18. The first-order valence-corrected chi connectivity index (χ1v) is 9.72. The number of hydrogen-bond donors (Lipinski definition) is 0. The number of thiophene rings is 1. The summed E-state index contributed by atoms with van der Waals surface area (Å²) in [6.45, 7) is 10.3. The minimum atomic E-state index is 0.338. The molecule has 0 saturated carbocycles. The number of anilines is 2. The second-order valence-corrected chi connectivity index (χ2v) is 8.13. The number of rotatable bonds is 2. The van der Waals surface area contributed by atoms with Gasteiger partial charge in [0, 0.05) is 36.7 Å². The molecular weight excluding hydrogens is 352 g/mol. The summed E-state index contributed by atoms with van der Waals surface area (Å²) in [7, 11) is 0. The van der Waals surface area contributed by atoms with Crippen LogP contribution in [-0.2, 0) is 0 Å². The molecule has 3 heterocycles. The van der Waals surface area contributed by atoms with Gasteiger partial charge in [-0.05, 0) is 55.6 Å². The fraction of sp³-hybridized carbons (Fsp3) is 0.368. The Kier molecular flexibility index (Phi) is 4.29. The lowest BCUT2D eigenvalue weighted by atomic mass is 10.1. The molecule has 0 spiro atoms. The molecule has 1 aromatic carbocycles. The molecule has 0 amide bonds. The molecule has 1 fully saturated rings. The van der Waals surface area contributed by atoms with Crippen molar-refractivity contribution in [2.75, 3.05) is 36.0 Å². The molecule has 0 N–H and O–H groups in total. The third-order valence-corrected chi connectivity index (χ3v) is 6.20. The molecule has 6 heteroatoms.